The number of carbonyl (C=O) groups is 1. The predicted octanol–water partition coefficient (Wildman–Crippen LogP) is 2.07. The molecule has 0 aromatic carbocycles. The first-order valence-corrected chi connectivity index (χ1v) is 4.40. The van der Waals surface area contributed by atoms with Gasteiger partial charge in [-0.1, -0.05) is 6.92 Å². The number of rotatable bonds is 4. The van der Waals surface area contributed by atoms with Gasteiger partial charge in [-0.3, -0.25) is 4.79 Å². The zero-order valence-corrected chi connectivity index (χ0v) is 7.91. The number of hydrogen-bond donors (Lipinski definition) is 0. The third-order valence-corrected chi connectivity index (χ3v) is 1.67. The van der Waals surface area contributed by atoms with E-state index < -0.39 is 0 Å². The number of hydrogen-bond acceptors (Lipinski definition) is 3. The molecule has 0 N–H and O–H groups in total. The highest BCUT2D eigenvalue weighted by Crippen LogP contribution is 2.10. The van der Waals surface area contributed by atoms with Crippen LogP contribution in [0.3, 0.4) is 0 Å². The molecule has 3 nitrogen and oxygen atoms in total. The van der Waals surface area contributed by atoms with Gasteiger partial charge in [-0.25, -0.2) is 4.98 Å². The molecule has 0 saturated heterocycles. The lowest BCUT2D eigenvalue weighted by Crippen LogP contribution is -1.99. The number of ether oxygens (including phenoxy) is 1. The second-order valence-electron chi connectivity index (χ2n) is 2.59. The van der Waals surface area contributed by atoms with Crippen molar-refractivity contribution in [3.63, 3.8) is 0 Å². The highest BCUT2D eigenvalue weighted by molar-refractivity contribution is 5.95. The van der Waals surface area contributed by atoms with E-state index in [0.717, 1.165) is 0 Å². The number of Topliss-reactive ketones (excluding diaryl/α,β-unsaturated/α-hetero) is 1. The second kappa shape index (κ2) is 4.60. The molecule has 0 atom stereocenters. The van der Waals surface area contributed by atoms with Crippen molar-refractivity contribution in [2.45, 2.75) is 20.3 Å². The molecule has 0 bridgehead atoms. The van der Waals surface area contributed by atoms with Crippen LogP contribution in [-0.4, -0.2) is 17.4 Å². The van der Waals surface area contributed by atoms with Crippen molar-refractivity contribution in [3.8, 4) is 5.88 Å². The van der Waals surface area contributed by atoms with Crippen LogP contribution in [-0.2, 0) is 0 Å². The van der Waals surface area contributed by atoms with E-state index in [1.165, 1.54) is 0 Å². The maximum atomic E-state index is 11.3. The summed E-state index contributed by atoms with van der Waals surface area (Å²) in [5.41, 5.74) is 0.668. The summed E-state index contributed by atoms with van der Waals surface area (Å²) >= 11 is 0. The minimum Gasteiger partial charge on any atom is -0.478 e. The Balaban J connectivity index is 2.85. The van der Waals surface area contributed by atoms with Crippen LogP contribution >= 0.6 is 0 Å². The van der Waals surface area contributed by atoms with Crippen LogP contribution in [0.1, 0.15) is 30.6 Å². The zero-order valence-electron chi connectivity index (χ0n) is 7.91. The third kappa shape index (κ3) is 2.54. The zero-order chi connectivity index (χ0) is 9.68. The normalized spacial score (nSPS) is 9.69. The van der Waals surface area contributed by atoms with Crippen LogP contribution in [0, 0.1) is 0 Å². The molecule has 1 aromatic heterocycles. The van der Waals surface area contributed by atoms with Crippen molar-refractivity contribution in [2.75, 3.05) is 6.61 Å². The largest absolute Gasteiger partial charge is 0.478 e. The van der Waals surface area contributed by atoms with Gasteiger partial charge in [-0.05, 0) is 13.0 Å². The Bertz CT molecular complexity index is 297. The Hall–Kier alpha value is -1.38. The van der Waals surface area contributed by atoms with Gasteiger partial charge in [-0.2, -0.15) is 0 Å². The van der Waals surface area contributed by atoms with Crippen LogP contribution in [0.15, 0.2) is 18.3 Å². The lowest BCUT2D eigenvalue weighted by molar-refractivity contribution is 0.0987. The smallest absolute Gasteiger partial charge is 0.213 e. The van der Waals surface area contributed by atoms with E-state index in [2.05, 4.69) is 4.98 Å². The van der Waals surface area contributed by atoms with Crippen LogP contribution < -0.4 is 4.74 Å². The van der Waals surface area contributed by atoms with Crippen LogP contribution in [0.2, 0.25) is 0 Å². The second-order valence-corrected chi connectivity index (χ2v) is 2.59. The number of carbonyl (C=O) groups excluding carboxylic acids is 1. The molecule has 0 fully saturated rings. The van der Waals surface area contributed by atoms with Gasteiger partial charge in [0, 0.05) is 24.2 Å². The first kappa shape index (κ1) is 9.71. The number of aromatic nitrogens is 1. The van der Waals surface area contributed by atoms with Crippen molar-refractivity contribution in [1.29, 1.82) is 0 Å². The van der Waals surface area contributed by atoms with Gasteiger partial charge in [0.2, 0.25) is 5.88 Å². The average molecular weight is 179 g/mol. The van der Waals surface area contributed by atoms with E-state index in [4.69, 9.17) is 4.74 Å². The Labute approximate surface area is 77.8 Å². The monoisotopic (exact) mass is 179 g/mol. The molecule has 0 aliphatic rings. The first-order chi connectivity index (χ1) is 6.27. The van der Waals surface area contributed by atoms with Gasteiger partial charge in [0.1, 0.15) is 0 Å². The molecule has 0 spiro atoms. The number of pyridine rings is 1. The van der Waals surface area contributed by atoms with Crippen LogP contribution in [0.25, 0.3) is 0 Å². The molecule has 0 aliphatic heterocycles. The maximum absolute atomic E-state index is 11.3. The summed E-state index contributed by atoms with van der Waals surface area (Å²) in [6.07, 6.45) is 2.10. The summed E-state index contributed by atoms with van der Waals surface area (Å²) in [4.78, 5) is 15.3. The van der Waals surface area contributed by atoms with E-state index in [9.17, 15) is 4.79 Å². The summed E-state index contributed by atoms with van der Waals surface area (Å²) in [5.74, 6) is 0.630. The van der Waals surface area contributed by atoms with Gasteiger partial charge in [0.15, 0.2) is 5.78 Å². The molecule has 0 amide bonds. The van der Waals surface area contributed by atoms with Gasteiger partial charge in [-0.15, -0.1) is 0 Å². The minimum atomic E-state index is 0.114. The Kier molecular flexibility index (Phi) is 3.43. The van der Waals surface area contributed by atoms with E-state index in [1.54, 1.807) is 18.3 Å². The maximum Gasteiger partial charge on any atom is 0.213 e. The Morgan fingerprint density at radius 3 is 2.92 bits per heavy atom. The van der Waals surface area contributed by atoms with Gasteiger partial charge >= 0.3 is 0 Å². The Morgan fingerprint density at radius 2 is 2.31 bits per heavy atom. The van der Waals surface area contributed by atoms with E-state index in [0.29, 0.717) is 24.5 Å². The fourth-order valence-electron chi connectivity index (χ4n) is 1.01. The topological polar surface area (TPSA) is 39.2 Å². The number of ketones is 1. The van der Waals surface area contributed by atoms with Gasteiger partial charge in [0.25, 0.3) is 0 Å². The van der Waals surface area contributed by atoms with E-state index in [1.807, 2.05) is 13.8 Å². The van der Waals surface area contributed by atoms with Crippen molar-refractivity contribution >= 4 is 5.78 Å². The van der Waals surface area contributed by atoms with Crippen molar-refractivity contribution in [3.05, 3.63) is 23.9 Å². The standard InChI is InChI=1S/C10H13NO2/c1-3-9(12)8-5-6-11-10(7-8)13-4-2/h5-7H,3-4H2,1-2H3. The Morgan fingerprint density at radius 1 is 1.54 bits per heavy atom. The summed E-state index contributed by atoms with van der Waals surface area (Å²) < 4.78 is 5.18. The molecule has 13 heavy (non-hydrogen) atoms. The fraction of sp³-hybridized carbons (Fsp3) is 0.400. The van der Waals surface area contributed by atoms with Crippen molar-refractivity contribution in [1.82, 2.24) is 4.98 Å². The van der Waals surface area contributed by atoms with E-state index in [-0.39, 0.29) is 5.78 Å². The summed E-state index contributed by atoms with van der Waals surface area (Å²) in [7, 11) is 0. The van der Waals surface area contributed by atoms with Gasteiger partial charge in [0.05, 0.1) is 6.61 Å². The predicted molar refractivity (Wildman–Crippen MR) is 50.0 cm³/mol. The number of nitrogens with zero attached hydrogens (tertiary/aromatic N) is 1. The summed E-state index contributed by atoms with van der Waals surface area (Å²) in [6, 6.07) is 3.38. The molecule has 0 aliphatic carbocycles. The highest BCUT2D eigenvalue weighted by Gasteiger charge is 2.04. The average Bonchev–Trinajstić information content (AvgIpc) is 2.18. The molecule has 0 saturated carbocycles. The molecule has 0 unspecified atom stereocenters. The molecular formula is C10H13NO2. The first-order valence-electron chi connectivity index (χ1n) is 4.40. The van der Waals surface area contributed by atoms with Gasteiger partial charge < -0.3 is 4.74 Å². The van der Waals surface area contributed by atoms with Crippen molar-refractivity contribution in [2.24, 2.45) is 0 Å². The summed E-state index contributed by atoms with van der Waals surface area (Å²) in [5, 5.41) is 0. The quantitative estimate of drug-likeness (QED) is 0.664. The molecule has 0 radical (unpaired) electrons. The molecule has 1 heterocycles. The molecule has 70 valence electrons. The summed E-state index contributed by atoms with van der Waals surface area (Å²) in [6.45, 7) is 4.29. The van der Waals surface area contributed by atoms with E-state index >= 15 is 0 Å². The molecule has 1 rings (SSSR count). The SMILES string of the molecule is CCOc1cc(C(=O)CC)ccn1. The third-order valence-electron chi connectivity index (χ3n) is 1.67. The fourth-order valence-corrected chi connectivity index (χ4v) is 1.01. The van der Waals surface area contributed by atoms with Crippen molar-refractivity contribution < 1.29 is 9.53 Å². The lowest BCUT2D eigenvalue weighted by atomic mass is 10.1. The molecule has 1 aromatic rings. The van der Waals surface area contributed by atoms with Crippen LogP contribution in [0.5, 0.6) is 5.88 Å². The molecular weight excluding hydrogens is 166 g/mol. The lowest BCUT2D eigenvalue weighted by Gasteiger charge is -2.02. The minimum absolute atomic E-state index is 0.114. The molecule has 3 heteroatoms. The highest BCUT2D eigenvalue weighted by atomic mass is 16.5. The van der Waals surface area contributed by atoms with Crippen LogP contribution in [0.4, 0.5) is 0 Å².